The Hall–Kier alpha value is -3.31. The minimum Gasteiger partial charge on any atom is -0.486 e. The third-order valence-electron chi connectivity index (χ3n) is 7.50. The Labute approximate surface area is 217 Å². The first-order valence-electron chi connectivity index (χ1n) is 13.3. The van der Waals surface area contributed by atoms with Gasteiger partial charge in [0.1, 0.15) is 13.2 Å². The van der Waals surface area contributed by atoms with Crippen LogP contribution in [0, 0.1) is 0 Å². The highest BCUT2D eigenvalue weighted by Crippen LogP contribution is 2.32. The van der Waals surface area contributed by atoms with Crippen molar-refractivity contribution < 1.29 is 19.0 Å². The molecule has 4 aliphatic rings. The number of benzene rings is 1. The van der Waals surface area contributed by atoms with Crippen molar-refractivity contribution in [1.82, 2.24) is 20.0 Å². The van der Waals surface area contributed by atoms with Crippen LogP contribution in [0.5, 0.6) is 11.5 Å². The Bertz CT molecular complexity index is 1060. The number of anilines is 3. The van der Waals surface area contributed by atoms with E-state index in [-0.39, 0.29) is 6.03 Å². The van der Waals surface area contributed by atoms with E-state index in [4.69, 9.17) is 14.2 Å². The summed E-state index contributed by atoms with van der Waals surface area (Å²) >= 11 is 0. The van der Waals surface area contributed by atoms with E-state index in [2.05, 4.69) is 36.3 Å². The highest BCUT2D eigenvalue weighted by atomic mass is 16.6. The fourth-order valence-corrected chi connectivity index (χ4v) is 5.35. The Balaban J connectivity index is 0.964. The smallest absolute Gasteiger partial charge is 0.321 e. The second-order valence-electron chi connectivity index (χ2n) is 9.94. The largest absolute Gasteiger partial charge is 0.486 e. The van der Waals surface area contributed by atoms with Crippen molar-refractivity contribution in [3.05, 3.63) is 30.3 Å². The molecule has 0 saturated carbocycles. The van der Waals surface area contributed by atoms with Crippen LogP contribution in [0.25, 0.3) is 0 Å². The summed E-state index contributed by atoms with van der Waals surface area (Å²) in [5, 5.41) is 12.0. The zero-order valence-electron chi connectivity index (χ0n) is 21.2. The van der Waals surface area contributed by atoms with Crippen LogP contribution in [0.3, 0.4) is 0 Å². The minimum absolute atomic E-state index is 0.114. The van der Waals surface area contributed by atoms with Crippen LogP contribution in [0.1, 0.15) is 12.8 Å². The van der Waals surface area contributed by atoms with Crippen molar-refractivity contribution in [3.8, 4) is 11.5 Å². The molecule has 3 fully saturated rings. The number of fused-ring (bicyclic) bond motifs is 1. The van der Waals surface area contributed by atoms with Crippen molar-refractivity contribution in [2.75, 3.05) is 93.8 Å². The van der Waals surface area contributed by atoms with Crippen LogP contribution in [-0.4, -0.2) is 111 Å². The third-order valence-corrected chi connectivity index (χ3v) is 7.50. The predicted molar refractivity (Wildman–Crippen MR) is 140 cm³/mol. The van der Waals surface area contributed by atoms with Gasteiger partial charge in [0.25, 0.3) is 0 Å². The Morgan fingerprint density at radius 1 is 0.838 bits per heavy atom. The minimum atomic E-state index is -0.114. The molecule has 0 radical (unpaired) electrons. The highest BCUT2D eigenvalue weighted by Gasteiger charge is 2.25. The van der Waals surface area contributed by atoms with Gasteiger partial charge >= 0.3 is 6.03 Å². The first-order valence-corrected chi connectivity index (χ1v) is 13.3. The molecule has 2 aromatic rings. The average Bonchev–Trinajstić information content (AvgIpc) is 3.47. The van der Waals surface area contributed by atoms with Gasteiger partial charge in [-0.15, -0.1) is 10.2 Å². The third kappa shape index (κ3) is 5.67. The molecule has 198 valence electrons. The van der Waals surface area contributed by atoms with Gasteiger partial charge in [0.2, 0.25) is 0 Å². The number of nitrogens with zero attached hydrogens (tertiary/aromatic N) is 6. The fraction of sp³-hybridized carbons (Fsp3) is 0.577. The molecule has 11 nitrogen and oxygen atoms in total. The molecule has 3 saturated heterocycles. The lowest BCUT2D eigenvalue weighted by molar-refractivity contribution is 0.0712. The van der Waals surface area contributed by atoms with Gasteiger partial charge in [-0.25, -0.2) is 4.79 Å². The van der Waals surface area contributed by atoms with E-state index in [0.29, 0.717) is 62.7 Å². The lowest BCUT2D eigenvalue weighted by Crippen LogP contribution is -2.50. The van der Waals surface area contributed by atoms with Crippen molar-refractivity contribution in [1.29, 1.82) is 0 Å². The van der Waals surface area contributed by atoms with Crippen LogP contribution in [0.15, 0.2) is 30.3 Å². The molecular weight excluding hydrogens is 474 g/mol. The summed E-state index contributed by atoms with van der Waals surface area (Å²) < 4.78 is 16.9. The molecule has 11 heteroatoms. The molecule has 1 atom stereocenters. The predicted octanol–water partition coefficient (Wildman–Crippen LogP) is 1.90. The van der Waals surface area contributed by atoms with Gasteiger partial charge < -0.3 is 34.2 Å². The molecule has 2 amide bonds. The lowest BCUT2D eigenvalue weighted by atomic mass is 10.2. The quantitative estimate of drug-likeness (QED) is 0.648. The van der Waals surface area contributed by atoms with E-state index >= 15 is 0 Å². The fourth-order valence-electron chi connectivity index (χ4n) is 5.35. The van der Waals surface area contributed by atoms with Gasteiger partial charge in [-0.1, -0.05) is 0 Å². The summed E-state index contributed by atoms with van der Waals surface area (Å²) in [5.41, 5.74) is 0.700. The van der Waals surface area contributed by atoms with E-state index in [1.807, 2.05) is 29.2 Å². The number of nitrogens with one attached hydrogen (secondary N) is 1. The van der Waals surface area contributed by atoms with Crippen molar-refractivity contribution in [3.63, 3.8) is 0 Å². The molecule has 4 aliphatic heterocycles. The van der Waals surface area contributed by atoms with Crippen LogP contribution in [0.2, 0.25) is 0 Å². The monoisotopic (exact) mass is 509 g/mol. The number of carbonyl (C=O) groups excluding carboxylic acids is 1. The van der Waals surface area contributed by atoms with Crippen molar-refractivity contribution in [2.45, 2.75) is 18.9 Å². The van der Waals surface area contributed by atoms with Gasteiger partial charge in [0.15, 0.2) is 23.1 Å². The number of rotatable bonds is 5. The topological polar surface area (TPSA) is 95.5 Å². The number of hydrogen-bond donors (Lipinski definition) is 1. The summed E-state index contributed by atoms with van der Waals surface area (Å²) in [7, 11) is 0. The number of ether oxygens (including phenoxy) is 3. The summed E-state index contributed by atoms with van der Waals surface area (Å²) in [6.45, 7) is 9.64. The maximum Gasteiger partial charge on any atom is 0.321 e. The maximum absolute atomic E-state index is 12.8. The molecule has 37 heavy (non-hydrogen) atoms. The summed E-state index contributed by atoms with van der Waals surface area (Å²) in [4.78, 5) is 21.6. The standard InChI is InChI=1S/C26H35N7O4/c34-26(27-20-3-4-22-23(18-20)37-17-16-36-22)33-13-11-32(12-14-33)25-6-5-24(28-29-25)31-9-7-30(8-10-31)19-21-2-1-15-35-21/h3-6,18,21H,1-2,7-17,19H2,(H,27,34). The molecule has 6 rings (SSSR count). The van der Waals surface area contributed by atoms with Gasteiger partial charge in [-0.2, -0.15) is 0 Å². The molecule has 0 spiro atoms. The van der Waals surface area contributed by atoms with Crippen LogP contribution < -0.4 is 24.6 Å². The number of urea groups is 1. The second kappa shape index (κ2) is 11.0. The Kier molecular flexibility index (Phi) is 7.13. The van der Waals surface area contributed by atoms with Crippen molar-refractivity contribution in [2.24, 2.45) is 0 Å². The van der Waals surface area contributed by atoms with Gasteiger partial charge in [0, 0.05) is 77.3 Å². The zero-order chi connectivity index (χ0) is 25.0. The molecular formula is C26H35N7O4. The Morgan fingerprint density at radius 3 is 2.16 bits per heavy atom. The summed E-state index contributed by atoms with van der Waals surface area (Å²) in [5.74, 6) is 3.16. The number of hydrogen-bond acceptors (Lipinski definition) is 9. The number of amides is 2. The number of piperazine rings is 2. The van der Waals surface area contributed by atoms with Gasteiger partial charge in [-0.05, 0) is 37.1 Å². The lowest BCUT2D eigenvalue weighted by Gasteiger charge is -2.37. The molecule has 0 bridgehead atoms. The average molecular weight is 510 g/mol. The van der Waals surface area contributed by atoms with E-state index in [9.17, 15) is 4.79 Å². The molecule has 1 aromatic carbocycles. The van der Waals surface area contributed by atoms with Gasteiger partial charge in [-0.3, -0.25) is 4.90 Å². The molecule has 5 heterocycles. The number of aromatic nitrogens is 2. The zero-order valence-corrected chi connectivity index (χ0v) is 21.2. The van der Waals surface area contributed by atoms with E-state index in [1.54, 1.807) is 0 Å². The first kappa shape index (κ1) is 24.1. The van der Waals surface area contributed by atoms with Crippen LogP contribution >= 0.6 is 0 Å². The second-order valence-corrected chi connectivity index (χ2v) is 9.94. The molecule has 0 aliphatic carbocycles. The first-order chi connectivity index (χ1) is 18.2. The normalized spacial score (nSPS) is 22.3. The van der Waals surface area contributed by atoms with Crippen LogP contribution in [0.4, 0.5) is 22.1 Å². The molecule has 1 aromatic heterocycles. The maximum atomic E-state index is 12.8. The van der Waals surface area contributed by atoms with E-state index < -0.39 is 0 Å². The van der Waals surface area contributed by atoms with E-state index in [0.717, 1.165) is 51.0 Å². The van der Waals surface area contributed by atoms with Crippen LogP contribution in [-0.2, 0) is 4.74 Å². The van der Waals surface area contributed by atoms with Gasteiger partial charge in [0.05, 0.1) is 6.10 Å². The van der Waals surface area contributed by atoms with E-state index in [1.165, 1.54) is 12.8 Å². The Morgan fingerprint density at radius 2 is 1.51 bits per heavy atom. The molecule has 1 unspecified atom stereocenters. The van der Waals surface area contributed by atoms with Crippen molar-refractivity contribution >= 4 is 23.4 Å². The SMILES string of the molecule is O=C(Nc1ccc2c(c1)OCCO2)N1CCN(c2ccc(N3CCN(CC4CCCO4)CC3)nn2)CC1. The number of carbonyl (C=O) groups is 1. The molecule has 1 N–H and O–H groups in total. The summed E-state index contributed by atoms with van der Waals surface area (Å²) in [6, 6.07) is 9.48. The highest BCUT2D eigenvalue weighted by molar-refractivity contribution is 5.90. The summed E-state index contributed by atoms with van der Waals surface area (Å²) in [6.07, 6.45) is 2.78.